The number of fused-ring (bicyclic) bond motifs is 3. The summed E-state index contributed by atoms with van der Waals surface area (Å²) in [5, 5.41) is 1.14. The molecule has 0 atom stereocenters. The number of nitrogens with zero attached hydrogens (tertiary/aromatic N) is 5. The van der Waals surface area contributed by atoms with E-state index in [1.165, 1.54) is 4.70 Å². The van der Waals surface area contributed by atoms with Crippen LogP contribution in [0.4, 0.5) is 0 Å². The predicted octanol–water partition coefficient (Wildman–Crippen LogP) is 11.0. The topological polar surface area (TPSA) is 64.5 Å². The highest BCUT2D eigenvalue weighted by molar-refractivity contribution is 7.26. The molecule has 0 amide bonds. The minimum absolute atomic E-state index is 0.596. The van der Waals surface area contributed by atoms with Gasteiger partial charge in [-0.1, -0.05) is 133 Å². The summed E-state index contributed by atoms with van der Waals surface area (Å²) in [5.41, 5.74) is 10.1. The van der Waals surface area contributed by atoms with E-state index in [0.717, 1.165) is 65.8 Å². The highest BCUT2D eigenvalue weighted by Gasteiger charge is 2.17. The maximum atomic E-state index is 5.09. The van der Waals surface area contributed by atoms with Crippen molar-refractivity contribution >= 4 is 31.6 Å². The maximum absolute atomic E-state index is 5.09. The van der Waals surface area contributed by atoms with Crippen molar-refractivity contribution in [3.8, 4) is 67.7 Å². The van der Waals surface area contributed by atoms with Crippen LogP contribution in [-0.2, 0) is 0 Å². The van der Waals surface area contributed by atoms with Gasteiger partial charge in [-0.25, -0.2) is 24.9 Å². The molecule has 6 aromatic carbocycles. The molecule has 9 aromatic rings. The van der Waals surface area contributed by atoms with Crippen LogP contribution < -0.4 is 0 Å². The quantitative estimate of drug-likeness (QED) is 0.180. The smallest absolute Gasteiger partial charge is 0.164 e. The molecule has 0 aliphatic carbocycles. The summed E-state index contributed by atoms with van der Waals surface area (Å²) in [6, 6.07) is 54.2. The lowest BCUT2D eigenvalue weighted by Gasteiger charge is -2.11. The highest BCUT2D eigenvalue weighted by Crippen LogP contribution is 2.38. The Balaban J connectivity index is 1.20. The van der Waals surface area contributed by atoms with Crippen LogP contribution in [0, 0.1) is 0 Å². The Bertz CT molecular complexity index is 2510. The van der Waals surface area contributed by atoms with Crippen LogP contribution in [0.1, 0.15) is 0 Å². The van der Waals surface area contributed by atoms with E-state index in [1.54, 1.807) is 17.7 Å². The summed E-state index contributed by atoms with van der Waals surface area (Å²) in [7, 11) is 0. The van der Waals surface area contributed by atoms with E-state index in [4.69, 9.17) is 19.9 Å². The third-order valence-electron chi connectivity index (χ3n) is 8.64. The van der Waals surface area contributed by atoms with Gasteiger partial charge in [-0.2, -0.15) is 0 Å². The Kier molecular flexibility index (Phi) is 7.26. The molecule has 0 saturated carbocycles. The fourth-order valence-electron chi connectivity index (χ4n) is 6.23. The number of thiophene rings is 1. The molecule has 0 N–H and O–H groups in total. The van der Waals surface area contributed by atoms with Crippen molar-refractivity contribution in [2.24, 2.45) is 0 Å². The van der Waals surface area contributed by atoms with E-state index >= 15 is 0 Å². The van der Waals surface area contributed by atoms with Crippen LogP contribution in [0.25, 0.3) is 88.0 Å². The van der Waals surface area contributed by atoms with Crippen molar-refractivity contribution in [1.82, 2.24) is 24.9 Å². The van der Waals surface area contributed by atoms with Crippen LogP contribution in [0.5, 0.6) is 0 Å². The second kappa shape index (κ2) is 12.3. The van der Waals surface area contributed by atoms with Gasteiger partial charge in [0.05, 0.1) is 15.9 Å². The summed E-state index contributed by atoms with van der Waals surface area (Å²) in [4.78, 5) is 24.7. The first-order valence-corrected chi connectivity index (χ1v) is 16.9. The monoisotopic (exact) mass is 645 g/mol. The first-order valence-electron chi connectivity index (χ1n) is 16.1. The number of benzene rings is 6. The molecule has 0 aliphatic heterocycles. The van der Waals surface area contributed by atoms with Crippen LogP contribution in [-0.4, -0.2) is 24.9 Å². The van der Waals surface area contributed by atoms with Crippen LogP contribution in [0.3, 0.4) is 0 Å². The molecule has 0 unspecified atom stereocenters. The Morgan fingerprint density at radius 3 is 1.39 bits per heavy atom. The van der Waals surface area contributed by atoms with Gasteiger partial charge in [-0.3, -0.25) is 0 Å². The molecule has 230 valence electrons. The van der Waals surface area contributed by atoms with E-state index in [-0.39, 0.29) is 0 Å². The molecule has 49 heavy (non-hydrogen) atoms. The van der Waals surface area contributed by atoms with E-state index in [9.17, 15) is 0 Å². The summed E-state index contributed by atoms with van der Waals surface area (Å²) in [6.45, 7) is 0. The molecule has 5 nitrogen and oxygen atoms in total. The van der Waals surface area contributed by atoms with Crippen molar-refractivity contribution < 1.29 is 0 Å². The van der Waals surface area contributed by atoms with E-state index in [0.29, 0.717) is 17.5 Å². The number of aromatic nitrogens is 5. The number of rotatable bonds is 6. The maximum Gasteiger partial charge on any atom is 0.164 e. The zero-order valence-corrected chi connectivity index (χ0v) is 27.0. The fourth-order valence-corrected chi connectivity index (χ4v) is 7.40. The summed E-state index contributed by atoms with van der Waals surface area (Å²) >= 11 is 1.72. The van der Waals surface area contributed by atoms with Gasteiger partial charge < -0.3 is 0 Å². The lowest BCUT2D eigenvalue weighted by Crippen LogP contribution is -2.00. The summed E-state index contributed by atoms with van der Waals surface area (Å²) in [5.74, 6) is 1.82. The Morgan fingerprint density at radius 1 is 0.367 bits per heavy atom. The Labute approximate surface area is 287 Å². The molecule has 0 fully saturated rings. The van der Waals surface area contributed by atoms with Crippen molar-refractivity contribution in [3.05, 3.63) is 164 Å². The lowest BCUT2D eigenvalue weighted by atomic mass is 10.0. The SMILES string of the molecule is c1ccc(-c2cccc(-c3nc(-c4cccc(-c5ccccc5)c4)nc(-c4cccc(-c5ncnc6c5sc5ccccc56)c4)n3)c2)cc1. The fraction of sp³-hybridized carbons (Fsp3) is 0. The van der Waals surface area contributed by atoms with Crippen LogP contribution in [0.15, 0.2) is 164 Å². The van der Waals surface area contributed by atoms with Crippen molar-refractivity contribution in [3.63, 3.8) is 0 Å². The molecule has 0 saturated heterocycles. The molecule has 6 heteroatoms. The molecular formula is C43H27N5S. The minimum atomic E-state index is 0.596. The molecule has 0 spiro atoms. The molecule has 0 bridgehead atoms. The minimum Gasteiger partial charge on any atom is -0.235 e. The third-order valence-corrected chi connectivity index (χ3v) is 9.81. The van der Waals surface area contributed by atoms with Crippen molar-refractivity contribution in [2.45, 2.75) is 0 Å². The predicted molar refractivity (Wildman–Crippen MR) is 201 cm³/mol. The van der Waals surface area contributed by atoms with Gasteiger partial charge in [0, 0.05) is 32.3 Å². The van der Waals surface area contributed by atoms with Gasteiger partial charge in [0.1, 0.15) is 6.33 Å². The van der Waals surface area contributed by atoms with Crippen LogP contribution >= 0.6 is 11.3 Å². The van der Waals surface area contributed by atoms with Crippen molar-refractivity contribution in [2.75, 3.05) is 0 Å². The molecule has 0 aliphatic rings. The zero-order chi connectivity index (χ0) is 32.6. The Morgan fingerprint density at radius 2 is 0.816 bits per heavy atom. The summed E-state index contributed by atoms with van der Waals surface area (Å²) < 4.78 is 2.26. The van der Waals surface area contributed by atoms with Gasteiger partial charge in [0.2, 0.25) is 0 Å². The van der Waals surface area contributed by atoms with Crippen molar-refractivity contribution in [1.29, 1.82) is 0 Å². The largest absolute Gasteiger partial charge is 0.235 e. The first kappa shape index (κ1) is 28.8. The first-order chi connectivity index (χ1) is 24.3. The summed E-state index contributed by atoms with van der Waals surface area (Å²) in [6.07, 6.45) is 1.65. The van der Waals surface area contributed by atoms with E-state index in [2.05, 4.69) is 145 Å². The molecule has 9 rings (SSSR count). The second-order valence-corrected chi connectivity index (χ2v) is 12.8. The standard InChI is InChI=1S/C43H27N5S/c1-3-12-28(13-4-1)30-16-9-19-33(24-30)41-46-42(34-20-10-17-31(25-34)29-14-5-2-6-15-29)48-43(47-41)35-21-11-18-32(26-35)38-40-39(45-27-44-38)36-22-7-8-23-37(36)49-40/h1-27H. The molecule has 3 heterocycles. The average Bonchev–Trinajstić information content (AvgIpc) is 3.58. The average molecular weight is 646 g/mol. The number of hydrogen-bond donors (Lipinski definition) is 0. The van der Waals surface area contributed by atoms with Gasteiger partial charge in [-0.15, -0.1) is 11.3 Å². The highest BCUT2D eigenvalue weighted by atomic mass is 32.1. The van der Waals surface area contributed by atoms with Gasteiger partial charge in [-0.05, 0) is 46.5 Å². The van der Waals surface area contributed by atoms with Gasteiger partial charge in [0.25, 0.3) is 0 Å². The van der Waals surface area contributed by atoms with Crippen LogP contribution in [0.2, 0.25) is 0 Å². The Hall–Kier alpha value is -6.37. The van der Waals surface area contributed by atoms with E-state index in [1.807, 2.05) is 18.2 Å². The zero-order valence-electron chi connectivity index (χ0n) is 26.2. The van der Waals surface area contributed by atoms with Gasteiger partial charge in [0.15, 0.2) is 17.5 Å². The van der Waals surface area contributed by atoms with Gasteiger partial charge >= 0.3 is 0 Å². The lowest BCUT2D eigenvalue weighted by molar-refractivity contribution is 1.07. The third kappa shape index (κ3) is 5.54. The molecule has 3 aromatic heterocycles. The van der Waals surface area contributed by atoms with E-state index < -0.39 is 0 Å². The second-order valence-electron chi connectivity index (χ2n) is 11.8. The normalized spacial score (nSPS) is 11.3. The molecular weight excluding hydrogens is 619 g/mol. The number of hydrogen-bond acceptors (Lipinski definition) is 6. The molecule has 0 radical (unpaired) electrons.